The van der Waals surface area contributed by atoms with E-state index in [2.05, 4.69) is 36.1 Å². The molecule has 0 saturated carbocycles. The van der Waals surface area contributed by atoms with Crippen LogP contribution in [0.3, 0.4) is 0 Å². The van der Waals surface area contributed by atoms with Gasteiger partial charge >= 0.3 is 0 Å². The summed E-state index contributed by atoms with van der Waals surface area (Å²) in [5.74, 6) is 0. The number of likely N-dealkylation sites (tertiary alicyclic amines) is 1. The molecule has 15 heavy (non-hydrogen) atoms. The maximum atomic E-state index is 5.80. The van der Waals surface area contributed by atoms with Crippen LogP contribution >= 0.6 is 0 Å². The zero-order valence-electron chi connectivity index (χ0n) is 9.36. The largest absolute Gasteiger partial charge is 0.371 e. The Balaban J connectivity index is 1.64. The molecular formula is C13H19NO. The minimum absolute atomic E-state index is 0.455. The summed E-state index contributed by atoms with van der Waals surface area (Å²) in [5.41, 5.74) is 1.27. The van der Waals surface area contributed by atoms with Gasteiger partial charge in [0.25, 0.3) is 0 Å². The summed E-state index contributed by atoms with van der Waals surface area (Å²) in [7, 11) is 0. The highest BCUT2D eigenvalue weighted by Gasteiger charge is 2.25. The lowest BCUT2D eigenvalue weighted by atomic mass is 10.1. The molecule has 0 spiro atoms. The van der Waals surface area contributed by atoms with Crippen molar-refractivity contribution in [2.75, 3.05) is 19.6 Å². The molecule has 1 aliphatic rings. The van der Waals surface area contributed by atoms with Crippen LogP contribution < -0.4 is 0 Å². The molecule has 1 aromatic carbocycles. The fourth-order valence-electron chi connectivity index (χ4n) is 1.92. The van der Waals surface area contributed by atoms with Crippen molar-refractivity contribution < 1.29 is 4.74 Å². The van der Waals surface area contributed by atoms with Crippen molar-refractivity contribution in [3.8, 4) is 0 Å². The molecule has 1 aliphatic heterocycles. The molecule has 0 aliphatic carbocycles. The Morgan fingerprint density at radius 1 is 1.27 bits per heavy atom. The number of rotatable bonds is 5. The number of benzene rings is 1. The molecule has 0 amide bonds. The zero-order valence-corrected chi connectivity index (χ0v) is 9.36. The maximum absolute atomic E-state index is 5.80. The zero-order chi connectivity index (χ0) is 10.5. The van der Waals surface area contributed by atoms with E-state index in [-0.39, 0.29) is 0 Å². The second-order valence-electron chi connectivity index (χ2n) is 4.18. The Morgan fingerprint density at radius 3 is 2.67 bits per heavy atom. The second-order valence-corrected chi connectivity index (χ2v) is 4.18. The summed E-state index contributed by atoms with van der Waals surface area (Å²) in [6.07, 6.45) is 1.70. The van der Waals surface area contributed by atoms with E-state index >= 15 is 0 Å². The first-order chi connectivity index (χ1) is 7.38. The van der Waals surface area contributed by atoms with Crippen molar-refractivity contribution >= 4 is 0 Å². The summed E-state index contributed by atoms with van der Waals surface area (Å²) >= 11 is 0. The van der Waals surface area contributed by atoms with Crippen molar-refractivity contribution in [2.24, 2.45) is 0 Å². The molecule has 1 fully saturated rings. The minimum Gasteiger partial charge on any atom is -0.371 e. The minimum atomic E-state index is 0.455. The quantitative estimate of drug-likeness (QED) is 0.731. The van der Waals surface area contributed by atoms with Gasteiger partial charge in [-0.25, -0.2) is 0 Å². The lowest BCUT2D eigenvalue weighted by molar-refractivity contribution is -0.0621. The summed E-state index contributed by atoms with van der Waals surface area (Å²) in [5, 5.41) is 0. The van der Waals surface area contributed by atoms with E-state index < -0.39 is 0 Å². The first-order valence-electron chi connectivity index (χ1n) is 5.76. The maximum Gasteiger partial charge on any atom is 0.0833 e. The number of hydrogen-bond donors (Lipinski definition) is 0. The SMILES string of the molecule is CCCN1CC(OCc2ccccc2)C1. The summed E-state index contributed by atoms with van der Waals surface area (Å²) in [6.45, 7) is 6.41. The van der Waals surface area contributed by atoms with E-state index in [1.807, 2.05) is 6.07 Å². The van der Waals surface area contributed by atoms with Gasteiger partial charge in [-0.05, 0) is 18.5 Å². The lowest BCUT2D eigenvalue weighted by Gasteiger charge is -2.38. The third kappa shape index (κ3) is 3.05. The predicted octanol–water partition coefficient (Wildman–Crippen LogP) is 2.30. The van der Waals surface area contributed by atoms with Gasteiger partial charge in [0.05, 0.1) is 12.7 Å². The number of ether oxygens (including phenoxy) is 1. The molecule has 0 atom stereocenters. The summed E-state index contributed by atoms with van der Waals surface area (Å²) in [4.78, 5) is 2.44. The molecule has 0 aromatic heterocycles. The van der Waals surface area contributed by atoms with E-state index in [0.717, 1.165) is 19.7 Å². The van der Waals surface area contributed by atoms with Crippen LogP contribution in [0.4, 0.5) is 0 Å². The summed E-state index contributed by atoms with van der Waals surface area (Å²) in [6, 6.07) is 10.4. The fourth-order valence-corrected chi connectivity index (χ4v) is 1.92. The van der Waals surface area contributed by atoms with Crippen LogP contribution in [-0.4, -0.2) is 30.6 Å². The molecule has 0 N–H and O–H groups in total. The standard InChI is InChI=1S/C13H19NO/c1-2-8-14-9-13(10-14)15-11-12-6-4-3-5-7-12/h3-7,13H,2,8-11H2,1H3. The smallest absolute Gasteiger partial charge is 0.0833 e. The fraction of sp³-hybridized carbons (Fsp3) is 0.538. The van der Waals surface area contributed by atoms with E-state index in [4.69, 9.17) is 4.74 Å². The predicted molar refractivity (Wildman–Crippen MR) is 61.8 cm³/mol. The van der Waals surface area contributed by atoms with E-state index in [1.54, 1.807) is 0 Å². The normalized spacial score (nSPS) is 17.7. The Labute approximate surface area is 91.9 Å². The van der Waals surface area contributed by atoms with Crippen LogP contribution in [0.2, 0.25) is 0 Å². The van der Waals surface area contributed by atoms with Gasteiger partial charge in [0.2, 0.25) is 0 Å². The van der Waals surface area contributed by atoms with E-state index in [0.29, 0.717) is 6.10 Å². The average Bonchev–Trinajstić information content (AvgIpc) is 2.23. The van der Waals surface area contributed by atoms with Crippen molar-refractivity contribution in [2.45, 2.75) is 26.1 Å². The summed E-state index contributed by atoms with van der Waals surface area (Å²) < 4.78 is 5.80. The average molecular weight is 205 g/mol. The van der Waals surface area contributed by atoms with Crippen LogP contribution in [-0.2, 0) is 11.3 Å². The van der Waals surface area contributed by atoms with Gasteiger partial charge in [0, 0.05) is 13.1 Å². The second kappa shape index (κ2) is 5.29. The van der Waals surface area contributed by atoms with Crippen LogP contribution in [0.5, 0.6) is 0 Å². The topological polar surface area (TPSA) is 12.5 Å². The third-order valence-electron chi connectivity index (χ3n) is 2.79. The van der Waals surface area contributed by atoms with Crippen LogP contribution in [0.25, 0.3) is 0 Å². The molecule has 1 heterocycles. The number of nitrogens with zero attached hydrogens (tertiary/aromatic N) is 1. The highest BCUT2D eigenvalue weighted by atomic mass is 16.5. The number of hydrogen-bond acceptors (Lipinski definition) is 2. The molecule has 0 unspecified atom stereocenters. The van der Waals surface area contributed by atoms with Crippen LogP contribution in [0, 0.1) is 0 Å². The molecule has 2 rings (SSSR count). The Kier molecular flexibility index (Phi) is 3.75. The Bertz CT molecular complexity index is 280. The van der Waals surface area contributed by atoms with Gasteiger partial charge < -0.3 is 4.74 Å². The monoisotopic (exact) mass is 205 g/mol. The van der Waals surface area contributed by atoms with E-state index in [1.165, 1.54) is 18.5 Å². The van der Waals surface area contributed by atoms with Crippen molar-refractivity contribution in [3.05, 3.63) is 35.9 Å². The van der Waals surface area contributed by atoms with Gasteiger partial charge in [-0.15, -0.1) is 0 Å². The van der Waals surface area contributed by atoms with Crippen molar-refractivity contribution in [1.29, 1.82) is 0 Å². The third-order valence-corrected chi connectivity index (χ3v) is 2.79. The van der Waals surface area contributed by atoms with Crippen molar-refractivity contribution in [1.82, 2.24) is 4.90 Å². The van der Waals surface area contributed by atoms with Crippen LogP contribution in [0.1, 0.15) is 18.9 Å². The molecule has 0 radical (unpaired) electrons. The van der Waals surface area contributed by atoms with Gasteiger partial charge in [0.15, 0.2) is 0 Å². The Hall–Kier alpha value is -0.860. The Morgan fingerprint density at radius 2 is 2.00 bits per heavy atom. The van der Waals surface area contributed by atoms with Gasteiger partial charge in [-0.2, -0.15) is 0 Å². The molecule has 0 bridgehead atoms. The highest BCUT2D eigenvalue weighted by Crippen LogP contribution is 2.13. The van der Waals surface area contributed by atoms with Crippen LogP contribution in [0.15, 0.2) is 30.3 Å². The van der Waals surface area contributed by atoms with E-state index in [9.17, 15) is 0 Å². The molecule has 1 aromatic rings. The van der Waals surface area contributed by atoms with Gasteiger partial charge in [-0.1, -0.05) is 37.3 Å². The molecule has 82 valence electrons. The van der Waals surface area contributed by atoms with Crippen molar-refractivity contribution in [3.63, 3.8) is 0 Å². The first kappa shape index (κ1) is 10.7. The molecular weight excluding hydrogens is 186 g/mol. The first-order valence-corrected chi connectivity index (χ1v) is 5.76. The highest BCUT2D eigenvalue weighted by molar-refractivity contribution is 5.13. The lowest BCUT2D eigenvalue weighted by Crippen LogP contribution is -2.52. The molecule has 2 nitrogen and oxygen atoms in total. The molecule has 1 saturated heterocycles. The molecule has 2 heteroatoms. The van der Waals surface area contributed by atoms with Gasteiger partial charge in [-0.3, -0.25) is 4.90 Å². The van der Waals surface area contributed by atoms with Gasteiger partial charge in [0.1, 0.15) is 0 Å².